The lowest BCUT2D eigenvalue weighted by Gasteiger charge is -2.62. The summed E-state index contributed by atoms with van der Waals surface area (Å²) in [7, 11) is 3.25. The second-order valence-corrected chi connectivity index (χ2v) is 18.9. The summed E-state index contributed by atoms with van der Waals surface area (Å²) in [5.41, 5.74) is 6.00. The molecule has 2 nitrogen and oxygen atoms in total. The van der Waals surface area contributed by atoms with Crippen LogP contribution in [0.5, 0.6) is 0 Å². The van der Waals surface area contributed by atoms with Gasteiger partial charge in [-0.2, -0.15) is 0 Å². The molecule has 0 aliphatic heterocycles. The standard InChI is InChI=1S/C37H46N2P2/c40-37(33-8-1-3-10-38-33,34-9-2-4-11-39-34)32-7-5-6-27(32)22-41(35-28-14-23-12-24(16-28)17-29(35)15-23)36-30-18-25-13-26(20-30)21-31(36)19-25/h1-11,23-26,28-32,35-36H,12-22,40H2. The zero-order valence-electron chi connectivity index (χ0n) is 24.4. The summed E-state index contributed by atoms with van der Waals surface area (Å²) < 4.78 is 0. The molecule has 9 aliphatic carbocycles. The Balaban J connectivity index is 1.10. The Labute approximate surface area is 250 Å². The van der Waals surface area contributed by atoms with Gasteiger partial charge < -0.3 is 0 Å². The number of hydrogen-bond acceptors (Lipinski definition) is 2. The van der Waals surface area contributed by atoms with Crippen LogP contribution >= 0.6 is 17.2 Å². The molecule has 2 atom stereocenters. The zero-order valence-corrected chi connectivity index (χ0v) is 26.4. The van der Waals surface area contributed by atoms with Gasteiger partial charge in [0.1, 0.15) is 0 Å². The van der Waals surface area contributed by atoms with E-state index < -0.39 is 0 Å². The maximum absolute atomic E-state index is 4.97. The summed E-state index contributed by atoms with van der Waals surface area (Å²) in [6, 6.07) is 12.9. The highest BCUT2D eigenvalue weighted by Crippen LogP contribution is 2.72. The molecule has 2 heterocycles. The van der Waals surface area contributed by atoms with E-state index in [9.17, 15) is 0 Å². The van der Waals surface area contributed by atoms with Crippen LogP contribution in [0.4, 0.5) is 0 Å². The van der Waals surface area contributed by atoms with Gasteiger partial charge in [0.2, 0.25) is 0 Å². The van der Waals surface area contributed by atoms with Gasteiger partial charge in [-0.05, 0) is 153 Å². The van der Waals surface area contributed by atoms with Crippen LogP contribution in [0.1, 0.15) is 75.6 Å². The van der Waals surface area contributed by atoms with Gasteiger partial charge in [-0.1, -0.05) is 43.9 Å². The smallest absolute Gasteiger partial charge is 0.0786 e. The molecule has 214 valence electrons. The third kappa shape index (κ3) is 4.24. The van der Waals surface area contributed by atoms with Gasteiger partial charge in [-0.25, -0.2) is 0 Å². The molecular weight excluding hydrogens is 534 g/mol. The van der Waals surface area contributed by atoms with E-state index in [0.29, 0.717) is 5.92 Å². The lowest BCUT2D eigenvalue weighted by atomic mass is 9.55. The van der Waals surface area contributed by atoms with E-state index in [1.165, 1.54) is 6.16 Å². The second kappa shape index (κ2) is 10.1. The van der Waals surface area contributed by atoms with Crippen LogP contribution in [0.15, 0.2) is 72.6 Å². The molecule has 8 bridgehead atoms. The lowest BCUT2D eigenvalue weighted by molar-refractivity contribution is 0.0131. The van der Waals surface area contributed by atoms with Crippen molar-refractivity contribution >= 4 is 17.2 Å². The van der Waals surface area contributed by atoms with E-state index in [4.69, 9.17) is 9.97 Å². The zero-order chi connectivity index (χ0) is 27.1. The first-order valence-corrected chi connectivity index (χ1v) is 19.1. The van der Waals surface area contributed by atoms with Crippen LogP contribution in [0, 0.1) is 53.3 Å². The van der Waals surface area contributed by atoms with E-state index >= 15 is 0 Å². The summed E-state index contributed by atoms with van der Waals surface area (Å²) in [6.45, 7) is 0. The van der Waals surface area contributed by atoms with Crippen LogP contribution in [0.3, 0.4) is 0 Å². The molecule has 41 heavy (non-hydrogen) atoms. The summed E-state index contributed by atoms with van der Waals surface area (Å²) in [5, 5.41) is -0.337. The van der Waals surface area contributed by atoms with Crippen molar-refractivity contribution in [3.05, 3.63) is 84.0 Å². The Hall–Kier alpha value is -1.36. The molecule has 2 unspecified atom stereocenters. The van der Waals surface area contributed by atoms with Crippen LogP contribution in [0.2, 0.25) is 0 Å². The number of nitrogens with zero attached hydrogens (tertiary/aromatic N) is 2. The molecule has 4 heteroatoms. The number of hydrogen-bond donors (Lipinski definition) is 0. The molecule has 8 saturated carbocycles. The topological polar surface area (TPSA) is 25.8 Å². The maximum Gasteiger partial charge on any atom is 0.0786 e. The third-order valence-corrected chi connectivity index (χ3v) is 18.1. The SMILES string of the molecule is PC(c1ccccn1)(c1ccccn1)C1C=CC=C1CP(C1C2CC3CC(C2)CC1C3)C1C2CC3CC(C2)CC1C3. The fraction of sp³-hybridized carbons (Fsp3) is 0.622. The van der Waals surface area contributed by atoms with E-state index in [2.05, 4.69) is 51.7 Å². The highest BCUT2D eigenvalue weighted by molar-refractivity contribution is 7.59. The van der Waals surface area contributed by atoms with Gasteiger partial charge in [-0.15, -0.1) is 9.24 Å². The Bertz CT molecular complexity index is 1200. The minimum absolute atomic E-state index is 0.0414. The van der Waals surface area contributed by atoms with Gasteiger partial charge in [0.05, 0.1) is 16.5 Å². The monoisotopic (exact) mass is 580 g/mol. The van der Waals surface area contributed by atoms with Crippen molar-refractivity contribution in [3.63, 3.8) is 0 Å². The first-order valence-electron chi connectivity index (χ1n) is 16.9. The quantitative estimate of drug-likeness (QED) is 0.306. The van der Waals surface area contributed by atoms with Crippen molar-refractivity contribution in [2.24, 2.45) is 53.3 Å². The molecule has 0 radical (unpaired) electrons. The number of aromatic nitrogens is 2. The number of allylic oxidation sites excluding steroid dienone is 4. The Morgan fingerprint density at radius 3 is 1.54 bits per heavy atom. The molecule has 11 rings (SSSR count). The number of rotatable bonds is 7. The highest BCUT2D eigenvalue weighted by Gasteiger charge is 2.57. The maximum atomic E-state index is 4.97. The molecule has 0 aromatic carbocycles. The fourth-order valence-electron chi connectivity index (χ4n) is 12.3. The summed E-state index contributed by atoms with van der Waals surface area (Å²) in [6.07, 6.45) is 28.4. The molecule has 2 aromatic rings. The van der Waals surface area contributed by atoms with Crippen LogP contribution < -0.4 is 0 Å². The minimum atomic E-state index is -0.337. The first kappa shape index (κ1) is 26.1. The van der Waals surface area contributed by atoms with Crippen molar-refractivity contribution in [3.8, 4) is 0 Å². The Morgan fingerprint density at radius 2 is 1.12 bits per heavy atom. The predicted molar refractivity (Wildman–Crippen MR) is 173 cm³/mol. The van der Waals surface area contributed by atoms with Crippen molar-refractivity contribution in [1.29, 1.82) is 0 Å². The van der Waals surface area contributed by atoms with E-state index in [1.807, 2.05) is 24.5 Å². The molecule has 8 fully saturated rings. The van der Waals surface area contributed by atoms with Crippen molar-refractivity contribution in [2.75, 3.05) is 6.16 Å². The van der Waals surface area contributed by atoms with Gasteiger partial charge in [0.15, 0.2) is 0 Å². The summed E-state index contributed by atoms with van der Waals surface area (Å²) in [5.74, 6) is 8.72. The normalized spacial score (nSPS) is 42.6. The highest BCUT2D eigenvalue weighted by atomic mass is 31.1. The Morgan fingerprint density at radius 1 is 0.659 bits per heavy atom. The van der Waals surface area contributed by atoms with E-state index in [-0.39, 0.29) is 13.1 Å². The average Bonchev–Trinajstić information content (AvgIpc) is 3.45. The van der Waals surface area contributed by atoms with Gasteiger partial charge in [-0.3, -0.25) is 9.97 Å². The summed E-state index contributed by atoms with van der Waals surface area (Å²) in [4.78, 5) is 9.94. The number of pyridine rings is 2. The largest absolute Gasteiger partial charge is 0.260 e. The van der Waals surface area contributed by atoms with Gasteiger partial charge >= 0.3 is 0 Å². The molecule has 9 aliphatic rings. The third-order valence-electron chi connectivity index (χ3n) is 13.2. The first-order chi connectivity index (χ1) is 20.1. The average molecular weight is 581 g/mol. The van der Waals surface area contributed by atoms with Crippen molar-refractivity contribution in [1.82, 2.24) is 9.97 Å². The van der Waals surface area contributed by atoms with Crippen molar-refractivity contribution < 1.29 is 0 Å². The molecule has 0 spiro atoms. The minimum Gasteiger partial charge on any atom is -0.260 e. The molecule has 2 aromatic heterocycles. The molecule has 0 N–H and O–H groups in total. The molecule has 0 saturated heterocycles. The van der Waals surface area contributed by atoms with Crippen LogP contribution in [-0.2, 0) is 5.16 Å². The van der Waals surface area contributed by atoms with E-state index in [0.717, 1.165) is 70.0 Å². The fourth-order valence-corrected chi connectivity index (χ4v) is 17.6. The molecular formula is C37H46N2P2. The Kier molecular flexibility index (Phi) is 6.42. The van der Waals surface area contributed by atoms with Crippen LogP contribution in [0.25, 0.3) is 0 Å². The van der Waals surface area contributed by atoms with Gasteiger partial charge in [0.25, 0.3) is 0 Å². The van der Waals surface area contributed by atoms with E-state index in [1.54, 1.807) is 69.8 Å². The molecule has 0 amide bonds. The second-order valence-electron chi connectivity index (χ2n) is 15.4. The van der Waals surface area contributed by atoms with Crippen LogP contribution in [-0.4, -0.2) is 27.4 Å². The summed E-state index contributed by atoms with van der Waals surface area (Å²) >= 11 is 0. The lowest BCUT2D eigenvalue weighted by Crippen LogP contribution is -2.53. The van der Waals surface area contributed by atoms with Crippen molar-refractivity contribution in [2.45, 2.75) is 80.7 Å². The van der Waals surface area contributed by atoms with Gasteiger partial charge in [0, 0.05) is 18.3 Å². The predicted octanol–water partition coefficient (Wildman–Crippen LogP) is 8.84.